The predicted molar refractivity (Wildman–Crippen MR) is 144 cm³/mol. The molecule has 8 heteroatoms. The zero-order chi connectivity index (χ0) is 22.9. The van der Waals surface area contributed by atoms with E-state index in [0.717, 1.165) is 42.6 Å². The van der Waals surface area contributed by atoms with Crippen LogP contribution in [-0.4, -0.2) is 43.3 Å². The number of carbonyl (C=O) groups excluding carboxylic acids is 2. The molecule has 0 radical (unpaired) electrons. The molecule has 0 heterocycles. The van der Waals surface area contributed by atoms with Crippen LogP contribution in [0.4, 0.5) is 5.69 Å². The Bertz CT molecular complexity index is 956. The van der Waals surface area contributed by atoms with E-state index >= 15 is 0 Å². The number of hydrogen-bond donors (Lipinski definition) is 3. The first-order valence-electron chi connectivity index (χ1n) is 11.2. The third-order valence-electron chi connectivity index (χ3n) is 5.50. The molecule has 33 heavy (non-hydrogen) atoms. The number of nitrogens with one attached hydrogen (secondary N) is 3. The Balaban J connectivity index is 0.00000385. The van der Waals surface area contributed by atoms with Crippen LogP contribution in [0.3, 0.4) is 0 Å². The summed E-state index contributed by atoms with van der Waals surface area (Å²) in [5.74, 6) is 0.983. The summed E-state index contributed by atoms with van der Waals surface area (Å²) in [6.07, 6.45) is 3.12. The number of carbonyl (C=O) groups is 2. The van der Waals surface area contributed by atoms with Gasteiger partial charge in [0, 0.05) is 44.4 Å². The van der Waals surface area contributed by atoms with E-state index in [1.807, 2.05) is 55.5 Å². The van der Waals surface area contributed by atoms with Crippen molar-refractivity contribution < 1.29 is 9.59 Å². The van der Waals surface area contributed by atoms with Gasteiger partial charge >= 0.3 is 0 Å². The number of benzene rings is 2. The van der Waals surface area contributed by atoms with Crippen LogP contribution >= 0.6 is 24.0 Å². The lowest BCUT2D eigenvalue weighted by Gasteiger charge is -2.24. The lowest BCUT2D eigenvalue weighted by molar-refractivity contribution is -0.122. The summed E-state index contributed by atoms with van der Waals surface area (Å²) in [6.45, 7) is 3.87. The van der Waals surface area contributed by atoms with Crippen molar-refractivity contribution in [2.75, 3.05) is 26.0 Å². The Morgan fingerprint density at radius 1 is 1.03 bits per heavy atom. The lowest BCUT2D eigenvalue weighted by atomic mass is 9.85. The molecule has 7 nitrogen and oxygen atoms in total. The van der Waals surface area contributed by atoms with Gasteiger partial charge in [-0.2, -0.15) is 0 Å². The fourth-order valence-corrected chi connectivity index (χ4v) is 3.38. The van der Waals surface area contributed by atoms with Crippen molar-refractivity contribution in [2.45, 2.75) is 39.3 Å². The zero-order valence-electron chi connectivity index (χ0n) is 19.6. The summed E-state index contributed by atoms with van der Waals surface area (Å²) >= 11 is 0. The second kappa shape index (κ2) is 13.2. The summed E-state index contributed by atoms with van der Waals surface area (Å²) in [7, 11) is 3.49. The minimum Gasteiger partial charge on any atom is -0.357 e. The second-order valence-electron chi connectivity index (χ2n) is 8.26. The maximum Gasteiger partial charge on any atom is 0.253 e. The van der Waals surface area contributed by atoms with E-state index in [1.165, 1.54) is 0 Å². The van der Waals surface area contributed by atoms with Crippen LogP contribution in [0.2, 0.25) is 0 Å². The molecule has 1 aliphatic carbocycles. The maximum atomic E-state index is 12.2. The Labute approximate surface area is 213 Å². The van der Waals surface area contributed by atoms with Crippen molar-refractivity contribution >= 4 is 47.4 Å². The highest BCUT2D eigenvalue weighted by Gasteiger charge is 2.25. The van der Waals surface area contributed by atoms with Crippen molar-refractivity contribution in [2.24, 2.45) is 10.9 Å². The van der Waals surface area contributed by atoms with E-state index in [2.05, 4.69) is 20.9 Å². The summed E-state index contributed by atoms with van der Waals surface area (Å²) < 4.78 is 0. The van der Waals surface area contributed by atoms with Gasteiger partial charge in [-0.15, -0.1) is 24.0 Å². The second-order valence-corrected chi connectivity index (χ2v) is 8.26. The van der Waals surface area contributed by atoms with Crippen LogP contribution < -0.4 is 16.0 Å². The highest BCUT2D eigenvalue weighted by molar-refractivity contribution is 14.0. The standard InChI is InChI=1S/C25H33N5O2.HI/c1-4-26-25(27-16-18-11-13-21(14-12-18)24(32)30(2)3)28-17-19-7-5-10-22(15-19)29-23(31)20-8-6-9-20;/h5,7,10-15,20H,4,6,8-9,16-17H2,1-3H3,(H,29,31)(H2,26,27,28);1H. The van der Waals surface area contributed by atoms with Gasteiger partial charge in [-0.3, -0.25) is 9.59 Å². The van der Waals surface area contributed by atoms with Crippen LogP contribution in [-0.2, 0) is 17.9 Å². The number of nitrogens with zero attached hydrogens (tertiary/aromatic N) is 2. The molecule has 2 aromatic carbocycles. The van der Waals surface area contributed by atoms with Gasteiger partial charge in [0.05, 0.1) is 6.54 Å². The number of aliphatic imine (C=N–C) groups is 1. The fourth-order valence-electron chi connectivity index (χ4n) is 3.38. The Hall–Kier alpha value is -2.62. The minimum atomic E-state index is -0.00878. The molecule has 0 spiro atoms. The van der Waals surface area contributed by atoms with E-state index in [9.17, 15) is 9.59 Å². The quantitative estimate of drug-likeness (QED) is 0.258. The Morgan fingerprint density at radius 3 is 2.36 bits per heavy atom. The molecular formula is C25H34IN5O2. The molecule has 0 saturated heterocycles. The molecule has 2 amide bonds. The predicted octanol–water partition coefficient (Wildman–Crippen LogP) is 4.00. The molecule has 3 rings (SSSR count). The first-order chi connectivity index (χ1) is 15.5. The molecular weight excluding hydrogens is 529 g/mol. The van der Waals surface area contributed by atoms with Crippen molar-refractivity contribution in [1.29, 1.82) is 0 Å². The molecule has 3 N–H and O–H groups in total. The molecule has 2 aromatic rings. The molecule has 0 bridgehead atoms. The maximum absolute atomic E-state index is 12.2. The Kier molecular flexibility index (Phi) is 10.6. The SMILES string of the molecule is CCNC(=NCc1cccc(NC(=O)C2CCC2)c1)NCc1ccc(C(=O)N(C)C)cc1.I. The summed E-state index contributed by atoms with van der Waals surface area (Å²) in [4.78, 5) is 30.4. The normalized spacial score (nSPS) is 13.4. The number of halogens is 1. The molecule has 1 aliphatic rings. The molecule has 178 valence electrons. The highest BCUT2D eigenvalue weighted by atomic mass is 127. The van der Waals surface area contributed by atoms with Crippen LogP contribution in [0, 0.1) is 5.92 Å². The number of amides is 2. The largest absolute Gasteiger partial charge is 0.357 e. The number of guanidine groups is 1. The van der Waals surface area contributed by atoms with Crippen molar-refractivity contribution in [3.63, 3.8) is 0 Å². The van der Waals surface area contributed by atoms with E-state index in [1.54, 1.807) is 19.0 Å². The number of hydrogen-bond acceptors (Lipinski definition) is 3. The highest BCUT2D eigenvalue weighted by Crippen LogP contribution is 2.27. The molecule has 0 aromatic heterocycles. The average molecular weight is 563 g/mol. The van der Waals surface area contributed by atoms with E-state index in [-0.39, 0.29) is 41.7 Å². The van der Waals surface area contributed by atoms with E-state index < -0.39 is 0 Å². The lowest BCUT2D eigenvalue weighted by Crippen LogP contribution is -2.36. The van der Waals surface area contributed by atoms with Crippen LogP contribution in [0.5, 0.6) is 0 Å². The van der Waals surface area contributed by atoms with Crippen LogP contribution in [0.15, 0.2) is 53.5 Å². The van der Waals surface area contributed by atoms with Gasteiger partial charge in [-0.05, 0) is 55.2 Å². The molecule has 0 aliphatic heterocycles. The van der Waals surface area contributed by atoms with Gasteiger partial charge in [0.1, 0.15) is 0 Å². The molecule has 0 unspecified atom stereocenters. The van der Waals surface area contributed by atoms with Crippen molar-refractivity contribution in [3.05, 3.63) is 65.2 Å². The van der Waals surface area contributed by atoms with Gasteiger partial charge in [0.25, 0.3) is 5.91 Å². The minimum absolute atomic E-state index is 0. The van der Waals surface area contributed by atoms with E-state index in [0.29, 0.717) is 24.6 Å². The Morgan fingerprint density at radius 2 is 1.76 bits per heavy atom. The smallest absolute Gasteiger partial charge is 0.253 e. The van der Waals surface area contributed by atoms with Gasteiger partial charge in [-0.25, -0.2) is 4.99 Å². The average Bonchev–Trinajstić information content (AvgIpc) is 2.74. The van der Waals surface area contributed by atoms with Crippen LogP contribution in [0.1, 0.15) is 47.7 Å². The summed E-state index contributed by atoms with van der Waals surface area (Å²) in [5.41, 5.74) is 3.58. The summed E-state index contributed by atoms with van der Waals surface area (Å²) in [5, 5.41) is 9.60. The molecule has 1 fully saturated rings. The monoisotopic (exact) mass is 563 g/mol. The first-order valence-corrected chi connectivity index (χ1v) is 11.2. The third kappa shape index (κ3) is 8.03. The molecule has 0 atom stereocenters. The number of anilines is 1. The summed E-state index contributed by atoms with van der Waals surface area (Å²) in [6, 6.07) is 15.4. The first kappa shape index (κ1) is 26.6. The van der Waals surface area contributed by atoms with Crippen LogP contribution in [0.25, 0.3) is 0 Å². The van der Waals surface area contributed by atoms with E-state index in [4.69, 9.17) is 0 Å². The molecule has 1 saturated carbocycles. The number of rotatable bonds is 8. The van der Waals surface area contributed by atoms with Gasteiger partial charge < -0.3 is 20.9 Å². The third-order valence-corrected chi connectivity index (χ3v) is 5.50. The van der Waals surface area contributed by atoms with Crippen molar-refractivity contribution in [1.82, 2.24) is 15.5 Å². The van der Waals surface area contributed by atoms with Gasteiger partial charge in [-0.1, -0.05) is 30.7 Å². The zero-order valence-corrected chi connectivity index (χ0v) is 21.9. The van der Waals surface area contributed by atoms with Gasteiger partial charge in [0.2, 0.25) is 5.91 Å². The van der Waals surface area contributed by atoms with Gasteiger partial charge in [0.15, 0.2) is 5.96 Å². The topological polar surface area (TPSA) is 85.8 Å². The van der Waals surface area contributed by atoms with Crippen molar-refractivity contribution in [3.8, 4) is 0 Å². The fraction of sp³-hybridized carbons (Fsp3) is 0.400.